The maximum Gasteiger partial charge on any atom is 0.421 e. The van der Waals surface area contributed by atoms with E-state index in [-0.39, 0.29) is 17.9 Å². The van der Waals surface area contributed by atoms with Gasteiger partial charge in [0.05, 0.1) is 11.8 Å². The zero-order valence-electron chi connectivity index (χ0n) is 19.0. The molecule has 33 heavy (non-hydrogen) atoms. The van der Waals surface area contributed by atoms with Gasteiger partial charge in [0.1, 0.15) is 17.1 Å². The highest BCUT2D eigenvalue weighted by Crippen LogP contribution is 2.37. The molecule has 0 spiro atoms. The van der Waals surface area contributed by atoms with Crippen molar-refractivity contribution in [2.24, 2.45) is 0 Å². The lowest BCUT2D eigenvalue weighted by atomic mass is 10.1. The molecule has 0 saturated heterocycles. The minimum Gasteiger partial charge on any atom is -0.489 e. The van der Waals surface area contributed by atoms with E-state index in [1.165, 1.54) is 12.0 Å². The van der Waals surface area contributed by atoms with Gasteiger partial charge in [-0.25, -0.2) is 4.98 Å². The van der Waals surface area contributed by atoms with Crippen molar-refractivity contribution in [3.05, 3.63) is 65.9 Å². The number of alkyl halides is 3. The van der Waals surface area contributed by atoms with Crippen LogP contribution in [0.1, 0.15) is 51.2 Å². The molecule has 0 aliphatic heterocycles. The lowest BCUT2D eigenvalue weighted by molar-refractivity contribution is -0.137. The third kappa shape index (κ3) is 7.10. The number of unbranched alkanes of at least 4 members (excludes halogenated alkanes) is 2. The molecule has 0 unspecified atom stereocenters. The molecule has 0 bridgehead atoms. The Kier molecular flexibility index (Phi) is 8.14. The highest BCUT2D eigenvalue weighted by atomic mass is 19.4. The van der Waals surface area contributed by atoms with Crippen LogP contribution in [0, 0.1) is 0 Å². The average molecular weight is 459 g/mol. The van der Waals surface area contributed by atoms with Crippen LogP contribution in [-0.4, -0.2) is 16.1 Å². The van der Waals surface area contributed by atoms with E-state index in [1.807, 2.05) is 38.1 Å². The van der Waals surface area contributed by atoms with Gasteiger partial charge in [0.15, 0.2) is 0 Å². The van der Waals surface area contributed by atoms with Gasteiger partial charge >= 0.3 is 6.18 Å². The maximum absolute atomic E-state index is 13.6. The largest absolute Gasteiger partial charge is 0.489 e. The minimum absolute atomic E-state index is 0.0616. The monoisotopic (exact) mass is 458 g/mol. The Balaban J connectivity index is 1.84. The smallest absolute Gasteiger partial charge is 0.421 e. The Bertz CT molecular complexity index is 1040. The van der Waals surface area contributed by atoms with Crippen LogP contribution in [0.5, 0.6) is 5.75 Å². The molecule has 0 radical (unpaired) electrons. The summed E-state index contributed by atoms with van der Waals surface area (Å²) in [4.78, 5) is 8.01. The van der Waals surface area contributed by atoms with E-state index in [0.29, 0.717) is 17.1 Å². The zero-order valence-corrected chi connectivity index (χ0v) is 19.0. The molecule has 0 atom stereocenters. The third-order valence-corrected chi connectivity index (χ3v) is 4.88. The molecule has 8 heteroatoms. The number of anilines is 4. The van der Waals surface area contributed by atoms with Crippen molar-refractivity contribution in [2.75, 3.05) is 10.6 Å². The highest BCUT2D eigenvalue weighted by molar-refractivity contribution is 5.67. The molecule has 3 rings (SSSR count). The first-order chi connectivity index (χ1) is 15.8. The molecule has 0 aliphatic rings. The Hall–Kier alpha value is -3.29. The SMILES string of the molecule is CCCCCc1ccc(Nc2ncc(C(F)(F)F)c(Nc3ccccc3OC(C)C)n2)cc1. The molecule has 1 heterocycles. The summed E-state index contributed by atoms with van der Waals surface area (Å²) in [7, 11) is 0. The Morgan fingerprint density at radius 3 is 2.36 bits per heavy atom. The molecular formula is C25H29F3N4O. The van der Waals surface area contributed by atoms with Crippen LogP contribution in [0.3, 0.4) is 0 Å². The average Bonchev–Trinajstić information content (AvgIpc) is 2.75. The molecule has 0 aliphatic carbocycles. The Morgan fingerprint density at radius 2 is 1.70 bits per heavy atom. The van der Waals surface area contributed by atoms with Crippen LogP contribution in [0.4, 0.5) is 36.3 Å². The van der Waals surface area contributed by atoms with Crippen LogP contribution in [-0.2, 0) is 12.6 Å². The van der Waals surface area contributed by atoms with Gasteiger partial charge in [-0.05, 0) is 56.5 Å². The number of ether oxygens (including phenoxy) is 1. The first-order valence-corrected chi connectivity index (χ1v) is 11.1. The zero-order chi connectivity index (χ0) is 23.8. The number of benzene rings is 2. The van der Waals surface area contributed by atoms with E-state index in [4.69, 9.17) is 4.74 Å². The molecule has 0 amide bonds. The number of para-hydroxylation sites is 2. The second-order valence-electron chi connectivity index (χ2n) is 8.02. The van der Waals surface area contributed by atoms with Gasteiger partial charge in [-0.3, -0.25) is 0 Å². The van der Waals surface area contributed by atoms with Crippen molar-refractivity contribution in [2.45, 2.75) is 58.7 Å². The Morgan fingerprint density at radius 1 is 0.970 bits per heavy atom. The number of hydrogen-bond donors (Lipinski definition) is 2. The first-order valence-electron chi connectivity index (χ1n) is 11.1. The van der Waals surface area contributed by atoms with Crippen LogP contribution in [0.15, 0.2) is 54.7 Å². The van der Waals surface area contributed by atoms with Crippen molar-refractivity contribution in [1.82, 2.24) is 9.97 Å². The molecule has 3 aromatic rings. The highest BCUT2D eigenvalue weighted by Gasteiger charge is 2.35. The first kappa shape index (κ1) is 24.4. The lowest BCUT2D eigenvalue weighted by Gasteiger charge is -2.18. The van der Waals surface area contributed by atoms with E-state index in [0.717, 1.165) is 25.5 Å². The van der Waals surface area contributed by atoms with E-state index in [2.05, 4.69) is 27.5 Å². The summed E-state index contributed by atoms with van der Waals surface area (Å²) in [6, 6.07) is 14.6. The molecule has 0 fully saturated rings. The van der Waals surface area contributed by atoms with E-state index < -0.39 is 11.7 Å². The number of halogens is 3. The summed E-state index contributed by atoms with van der Waals surface area (Å²) < 4.78 is 46.6. The molecule has 176 valence electrons. The van der Waals surface area contributed by atoms with Crippen LogP contribution in [0.2, 0.25) is 0 Å². The Labute approximate surface area is 192 Å². The van der Waals surface area contributed by atoms with Gasteiger partial charge in [-0.15, -0.1) is 0 Å². The number of nitrogens with zero attached hydrogens (tertiary/aromatic N) is 2. The summed E-state index contributed by atoms with van der Waals surface area (Å²) in [5.74, 6) is 0.148. The third-order valence-electron chi connectivity index (χ3n) is 4.88. The van der Waals surface area contributed by atoms with Crippen LogP contribution in [0.25, 0.3) is 0 Å². The van der Waals surface area contributed by atoms with Gasteiger partial charge < -0.3 is 15.4 Å². The lowest BCUT2D eigenvalue weighted by Crippen LogP contribution is -2.13. The summed E-state index contributed by atoms with van der Waals surface area (Å²) in [5.41, 5.74) is 1.34. The fraction of sp³-hybridized carbons (Fsp3) is 0.360. The molecule has 2 N–H and O–H groups in total. The van der Waals surface area contributed by atoms with Crippen molar-refractivity contribution in [1.29, 1.82) is 0 Å². The molecule has 2 aromatic carbocycles. The quantitative estimate of drug-likeness (QED) is 0.308. The number of aromatic nitrogens is 2. The van der Waals surface area contributed by atoms with Gasteiger partial charge in [-0.1, -0.05) is 44.0 Å². The van der Waals surface area contributed by atoms with Crippen molar-refractivity contribution >= 4 is 23.1 Å². The van der Waals surface area contributed by atoms with Crippen molar-refractivity contribution in [3.63, 3.8) is 0 Å². The van der Waals surface area contributed by atoms with Gasteiger partial charge in [-0.2, -0.15) is 18.2 Å². The van der Waals surface area contributed by atoms with Crippen molar-refractivity contribution in [3.8, 4) is 5.75 Å². The topological polar surface area (TPSA) is 59.1 Å². The molecule has 5 nitrogen and oxygen atoms in total. The number of rotatable bonds is 10. The minimum atomic E-state index is -4.62. The molecule has 1 aromatic heterocycles. The predicted octanol–water partition coefficient (Wildman–Crippen LogP) is 7.50. The standard InChI is InChI=1S/C25H29F3N4O/c1-4-5-6-9-18-12-14-19(15-13-18)30-24-29-16-20(25(26,27)28)23(32-24)31-21-10-7-8-11-22(21)33-17(2)3/h7-8,10-17H,4-6,9H2,1-3H3,(H2,29,30,31,32). The van der Waals surface area contributed by atoms with E-state index in [1.54, 1.807) is 24.3 Å². The summed E-state index contributed by atoms with van der Waals surface area (Å²) in [5, 5.41) is 5.77. The fourth-order valence-corrected chi connectivity index (χ4v) is 3.26. The van der Waals surface area contributed by atoms with Crippen molar-refractivity contribution < 1.29 is 17.9 Å². The second-order valence-corrected chi connectivity index (χ2v) is 8.02. The second kappa shape index (κ2) is 11.0. The van der Waals surface area contributed by atoms with E-state index in [9.17, 15) is 13.2 Å². The van der Waals surface area contributed by atoms with Gasteiger partial charge in [0.2, 0.25) is 5.95 Å². The van der Waals surface area contributed by atoms with Gasteiger partial charge in [0, 0.05) is 11.9 Å². The molecule has 0 saturated carbocycles. The number of aryl methyl sites for hydroxylation is 1. The van der Waals surface area contributed by atoms with Crippen LogP contribution >= 0.6 is 0 Å². The molecular weight excluding hydrogens is 429 g/mol. The normalized spacial score (nSPS) is 11.5. The maximum atomic E-state index is 13.6. The summed E-state index contributed by atoms with van der Waals surface area (Å²) in [6.07, 6.45) is 0.495. The number of nitrogens with one attached hydrogen (secondary N) is 2. The summed E-state index contributed by atoms with van der Waals surface area (Å²) >= 11 is 0. The van der Waals surface area contributed by atoms with E-state index >= 15 is 0 Å². The summed E-state index contributed by atoms with van der Waals surface area (Å²) in [6.45, 7) is 5.86. The number of hydrogen-bond acceptors (Lipinski definition) is 5. The van der Waals surface area contributed by atoms with Gasteiger partial charge in [0.25, 0.3) is 0 Å². The van der Waals surface area contributed by atoms with Crippen LogP contribution < -0.4 is 15.4 Å². The predicted molar refractivity (Wildman–Crippen MR) is 125 cm³/mol. The fourth-order valence-electron chi connectivity index (χ4n) is 3.26.